The van der Waals surface area contributed by atoms with Crippen molar-refractivity contribution < 1.29 is 23.4 Å². The van der Waals surface area contributed by atoms with Crippen LogP contribution in [0, 0.1) is 5.82 Å². The predicted octanol–water partition coefficient (Wildman–Crippen LogP) is 4.00. The largest absolute Gasteiger partial charge is 0.484 e. The molecule has 7 heteroatoms. The molecular weight excluding hydrogens is 337 g/mol. The lowest BCUT2D eigenvalue weighted by molar-refractivity contribution is -0.118. The number of carbonyl (C=O) groups is 1. The number of carbonyl (C=O) groups excluding carboxylic acids is 1. The van der Waals surface area contributed by atoms with Gasteiger partial charge in [0.15, 0.2) is 18.1 Å². The van der Waals surface area contributed by atoms with Crippen molar-refractivity contribution in [3.8, 4) is 17.2 Å². The summed E-state index contributed by atoms with van der Waals surface area (Å²) in [7, 11) is 0. The van der Waals surface area contributed by atoms with Gasteiger partial charge in [0, 0.05) is 31.7 Å². The Morgan fingerprint density at radius 3 is 2.71 bits per heavy atom. The summed E-state index contributed by atoms with van der Waals surface area (Å²) in [5.74, 6) is -0.149. The Hall–Kier alpha value is -2.47. The van der Waals surface area contributed by atoms with Crippen LogP contribution in [0.1, 0.15) is 13.8 Å². The van der Waals surface area contributed by atoms with E-state index < -0.39 is 11.6 Å². The Bertz CT molecular complexity index is 794. The van der Waals surface area contributed by atoms with E-state index in [1.807, 2.05) is 0 Å². The maximum Gasteiger partial charge on any atom is 0.262 e. The van der Waals surface area contributed by atoms with Gasteiger partial charge >= 0.3 is 0 Å². The number of anilines is 1. The van der Waals surface area contributed by atoms with E-state index in [1.54, 1.807) is 32.0 Å². The minimum atomic E-state index is -0.726. The summed E-state index contributed by atoms with van der Waals surface area (Å²) in [5.41, 5.74) is 0.556. The van der Waals surface area contributed by atoms with E-state index in [-0.39, 0.29) is 17.5 Å². The van der Waals surface area contributed by atoms with Crippen molar-refractivity contribution in [3.63, 3.8) is 0 Å². The highest BCUT2D eigenvalue weighted by atomic mass is 35.5. The van der Waals surface area contributed by atoms with E-state index in [4.69, 9.17) is 25.8 Å². The molecule has 2 aromatic rings. The van der Waals surface area contributed by atoms with E-state index in [0.717, 1.165) is 0 Å². The summed E-state index contributed by atoms with van der Waals surface area (Å²) in [5, 5.41) is 2.63. The molecule has 0 saturated heterocycles. The van der Waals surface area contributed by atoms with Crippen LogP contribution in [0.25, 0.3) is 0 Å². The van der Waals surface area contributed by atoms with Gasteiger partial charge < -0.3 is 19.5 Å². The second kappa shape index (κ2) is 6.20. The van der Waals surface area contributed by atoms with Gasteiger partial charge in [-0.1, -0.05) is 11.6 Å². The van der Waals surface area contributed by atoms with Crippen LogP contribution in [-0.4, -0.2) is 18.3 Å². The first kappa shape index (κ1) is 16.4. The molecule has 0 aliphatic carbocycles. The molecular formula is C17H15ClFNO4. The van der Waals surface area contributed by atoms with Crippen molar-refractivity contribution in [2.24, 2.45) is 0 Å². The molecule has 1 aliphatic rings. The molecule has 0 radical (unpaired) electrons. The van der Waals surface area contributed by atoms with Crippen LogP contribution in [0.2, 0.25) is 5.02 Å². The second-order valence-electron chi connectivity index (χ2n) is 5.68. The molecule has 2 aromatic carbocycles. The highest BCUT2D eigenvalue weighted by Gasteiger charge is 2.31. The molecule has 1 amide bonds. The molecule has 1 N–H and O–H groups in total. The van der Waals surface area contributed by atoms with Gasteiger partial charge in [0.25, 0.3) is 5.91 Å². The monoisotopic (exact) mass is 351 g/mol. The number of rotatable bonds is 4. The van der Waals surface area contributed by atoms with E-state index in [2.05, 4.69) is 5.32 Å². The van der Waals surface area contributed by atoms with Crippen LogP contribution in [0.5, 0.6) is 17.2 Å². The number of amides is 1. The van der Waals surface area contributed by atoms with Gasteiger partial charge in [0.1, 0.15) is 11.6 Å². The van der Waals surface area contributed by atoms with Crippen LogP contribution in [0.15, 0.2) is 36.4 Å². The molecule has 0 bridgehead atoms. The maximum absolute atomic E-state index is 13.1. The quantitative estimate of drug-likeness (QED) is 0.904. The molecule has 0 saturated carbocycles. The SMILES string of the molecule is CC1(C)Oc2ccc(NC(=O)COc3ccc(F)c(Cl)c3)cc2O1. The number of hydrogen-bond acceptors (Lipinski definition) is 4. The van der Waals surface area contributed by atoms with Gasteiger partial charge in [-0.25, -0.2) is 4.39 Å². The average Bonchev–Trinajstić information content (AvgIpc) is 2.81. The van der Waals surface area contributed by atoms with Gasteiger partial charge in [-0.15, -0.1) is 0 Å². The Balaban J connectivity index is 1.59. The summed E-state index contributed by atoms with van der Waals surface area (Å²) >= 11 is 5.65. The van der Waals surface area contributed by atoms with Crippen molar-refractivity contribution >= 4 is 23.2 Å². The third kappa shape index (κ3) is 3.71. The average molecular weight is 352 g/mol. The number of nitrogens with one attached hydrogen (secondary N) is 1. The minimum absolute atomic E-state index is 0.0636. The number of halogens is 2. The Kier molecular flexibility index (Phi) is 4.24. The van der Waals surface area contributed by atoms with Crippen LogP contribution in [0.3, 0.4) is 0 Å². The van der Waals surface area contributed by atoms with Gasteiger partial charge in [0.05, 0.1) is 5.02 Å². The second-order valence-corrected chi connectivity index (χ2v) is 6.09. The molecule has 3 rings (SSSR count). The summed E-state index contributed by atoms with van der Waals surface area (Å²) in [6, 6.07) is 8.99. The van der Waals surface area contributed by atoms with Gasteiger partial charge in [-0.05, 0) is 24.3 Å². The van der Waals surface area contributed by atoms with Crippen LogP contribution in [0.4, 0.5) is 10.1 Å². The van der Waals surface area contributed by atoms with Crippen LogP contribution in [-0.2, 0) is 4.79 Å². The minimum Gasteiger partial charge on any atom is -0.484 e. The van der Waals surface area contributed by atoms with Gasteiger partial charge in [0.2, 0.25) is 5.79 Å². The fourth-order valence-electron chi connectivity index (χ4n) is 2.21. The van der Waals surface area contributed by atoms with E-state index in [1.165, 1.54) is 18.2 Å². The topological polar surface area (TPSA) is 56.8 Å². The smallest absolute Gasteiger partial charge is 0.262 e. The lowest BCUT2D eigenvalue weighted by Gasteiger charge is -2.16. The molecule has 126 valence electrons. The summed E-state index contributed by atoms with van der Waals surface area (Å²) in [6.45, 7) is 3.36. The molecule has 24 heavy (non-hydrogen) atoms. The third-order valence-electron chi connectivity index (χ3n) is 3.20. The lowest BCUT2D eigenvalue weighted by Crippen LogP contribution is -2.29. The van der Waals surface area contributed by atoms with Crippen molar-refractivity contribution in [1.29, 1.82) is 0 Å². The molecule has 0 unspecified atom stereocenters. The van der Waals surface area contributed by atoms with Gasteiger partial charge in [-0.3, -0.25) is 4.79 Å². The molecule has 0 spiro atoms. The van der Waals surface area contributed by atoms with Gasteiger partial charge in [-0.2, -0.15) is 0 Å². The Morgan fingerprint density at radius 2 is 1.96 bits per heavy atom. The number of ether oxygens (including phenoxy) is 3. The predicted molar refractivity (Wildman–Crippen MR) is 87.3 cm³/mol. The molecule has 5 nitrogen and oxygen atoms in total. The van der Waals surface area contributed by atoms with E-state index in [9.17, 15) is 9.18 Å². The lowest BCUT2D eigenvalue weighted by atomic mass is 10.3. The van der Waals surface area contributed by atoms with Crippen molar-refractivity contribution in [3.05, 3.63) is 47.2 Å². The third-order valence-corrected chi connectivity index (χ3v) is 3.49. The zero-order valence-electron chi connectivity index (χ0n) is 13.1. The molecule has 1 heterocycles. The van der Waals surface area contributed by atoms with Crippen molar-refractivity contribution in [2.75, 3.05) is 11.9 Å². The van der Waals surface area contributed by atoms with Crippen LogP contribution < -0.4 is 19.5 Å². The zero-order valence-corrected chi connectivity index (χ0v) is 13.8. The number of fused-ring (bicyclic) bond motifs is 1. The number of hydrogen-bond donors (Lipinski definition) is 1. The summed E-state index contributed by atoms with van der Waals surface area (Å²) in [6.07, 6.45) is 0. The van der Waals surface area contributed by atoms with E-state index >= 15 is 0 Å². The van der Waals surface area contributed by atoms with Crippen LogP contribution >= 0.6 is 11.6 Å². The Morgan fingerprint density at radius 1 is 1.21 bits per heavy atom. The molecule has 0 atom stereocenters. The zero-order chi connectivity index (χ0) is 17.3. The molecule has 0 aromatic heterocycles. The standard InChI is InChI=1S/C17H15ClFNO4/c1-17(2)23-14-6-3-10(7-15(14)24-17)20-16(21)9-22-11-4-5-13(19)12(18)8-11/h3-8H,9H2,1-2H3,(H,20,21). The normalized spacial score (nSPS) is 14.3. The highest BCUT2D eigenvalue weighted by Crippen LogP contribution is 2.40. The molecule has 0 fully saturated rings. The first-order chi connectivity index (χ1) is 11.3. The van der Waals surface area contributed by atoms with Crippen molar-refractivity contribution in [2.45, 2.75) is 19.6 Å². The number of benzene rings is 2. The first-order valence-corrected chi connectivity index (χ1v) is 7.60. The van der Waals surface area contributed by atoms with Crippen molar-refractivity contribution in [1.82, 2.24) is 0 Å². The summed E-state index contributed by atoms with van der Waals surface area (Å²) < 4.78 is 29.5. The first-order valence-electron chi connectivity index (χ1n) is 7.22. The fourth-order valence-corrected chi connectivity index (χ4v) is 2.38. The Labute approximate surface area is 143 Å². The van der Waals surface area contributed by atoms with E-state index in [0.29, 0.717) is 22.9 Å². The summed E-state index contributed by atoms with van der Waals surface area (Å²) in [4.78, 5) is 11.9. The fraction of sp³-hybridized carbons (Fsp3) is 0.235. The maximum atomic E-state index is 13.1. The highest BCUT2D eigenvalue weighted by molar-refractivity contribution is 6.30. The molecule has 1 aliphatic heterocycles.